The standard InChI is InChI=1S/C17H20N2O/c1-12-7-8-15-14(10-12)16(11-13(2)18-15)19-9-5-3-4-6-17(19)20/h3-5,7-10,13,16,18H,6,11H2,1-2H3. The topological polar surface area (TPSA) is 32.3 Å². The van der Waals surface area contributed by atoms with Crippen molar-refractivity contribution in [1.29, 1.82) is 0 Å². The summed E-state index contributed by atoms with van der Waals surface area (Å²) in [5.41, 5.74) is 3.61. The number of carbonyl (C=O) groups is 1. The van der Waals surface area contributed by atoms with Crippen LogP contribution >= 0.6 is 0 Å². The molecule has 3 nitrogen and oxygen atoms in total. The van der Waals surface area contributed by atoms with E-state index in [0.29, 0.717) is 12.5 Å². The maximum Gasteiger partial charge on any atom is 0.230 e. The zero-order valence-corrected chi connectivity index (χ0v) is 12.0. The summed E-state index contributed by atoms with van der Waals surface area (Å²) in [6.07, 6.45) is 9.15. The Hall–Kier alpha value is -2.03. The van der Waals surface area contributed by atoms with Crippen molar-refractivity contribution in [2.45, 2.75) is 38.8 Å². The molecule has 1 N–H and O–H groups in total. The number of nitrogens with one attached hydrogen (secondary N) is 1. The second kappa shape index (κ2) is 5.16. The fourth-order valence-corrected chi connectivity index (χ4v) is 3.00. The van der Waals surface area contributed by atoms with Crippen molar-refractivity contribution >= 4 is 11.6 Å². The summed E-state index contributed by atoms with van der Waals surface area (Å²) in [5.74, 6) is 0.168. The van der Waals surface area contributed by atoms with Crippen LogP contribution in [0.4, 0.5) is 5.69 Å². The third-order valence-corrected chi connectivity index (χ3v) is 3.95. The van der Waals surface area contributed by atoms with E-state index in [4.69, 9.17) is 0 Å². The molecule has 20 heavy (non-hydrogen) atoms. The van der Waals surface area contributed by atoms with Gasteiger partial charge in [0.2, 0.25) is 5.91 Å². The minimum Gasteiger partial charge on any atom is -0.382 e. The number of allylic oxidation sites excluding steroid dienone is 2. The molecular formula is C17H20N2O. The molecule has 104 valence electrons. The van der Waals surface area contributed by atoms with Crippen molar-refractivity contribution in [3.05, 3.63) is 53.8 Å². The largest absolute Gasteiger partial charge is 0.382 e. The van der Waals surface area contributed by atoms with Gasteiger partial charge >= 0.3 is 0 Å². The Morgan fingerprint density at radius 2 is 2.15 bits per heavy atom. The molecule has 2 heterocycles. The molecule has 2 aliphatic heterocycles. The fourth-order valence-electron chi connectivity index (χ4n) is 3.00. The number of anilines is 1. The van der Waals surface area contributed by atoms with Crippen molar-refractivity contribution < 1.29 is 4.79 Å². The molecule has 0 saturated heterocycles. The smallest absolute Gasteiger partial charge is 0.230 e. The fraction of sp³-hybridized carbons (Fsp3) is 0.353. The van der Waals surface area contributed by atoms with Crippen LogP contribution in [0.1, 0.15) is 36.9 Å². The predicted octanol–water partition coefficient (Wildman–Crippen LogP) is 3.54. The molecule has 2 unspecified atom stereocenters. The lowest BCUT2D eigenvalue weighted by molar-refractivity contribution is -0.129. The van der Waals surface area contributed by atoms with Crippen molar-refractivity contribution in [3.63, 3.8) is 0 Å². The maximum atomic E-state index is 12.3. The van der Waals surface area contributed by atoms with Gasteiger partial charge in [0.05, 0.1) is 6.04 Å². The van der Waals surface area contributed by atoms with Crippen LogP contribution in [0.3, 0.4) is 0 Å². The van der Waals surface area contributed by atoms with Crippen molar-refractivity contribution in [2.75, 3.05) is 5.32 Å². The van der Waals surface area contributed by atoms with Crippen LogP contribution in [0.15, 0.2) is 42.6 Å². The summed E-state index contributed by atoms with van der Waals surface area (Å²) >= 11 is 0. The van der Waals surface area contributed by atoms with Gasteiger partial charge in [-0.1, -0.05) is 29.8 Å². The van der Waals surface area contributed by atoms with Gasteiger partial charge in [0.15, 0.2) is 0 Å². The van der Waals surface area contributed by atoms with E-state index in [0.717, 1.165) is 12.1 Å². The van der Waals surface area contributed by atoms with Crippen molar-refractivity contribution in [3.8, 4) is 0 Å². The molecular weight excluding hydrogens is 248 g/mol. The Bertz CT molecular complexity index is 589. The van der Waals surface area contributed by atoms with Gasteiger partial charge in [-0.2, -0.15) is 0 Å². The van der Waals surface area contributed by atoms with Gasteiger partial charge in [-0.15, -0.1) is 0 Å². The number of fused-ring (bicyclic) bond motifs is 1. The normalized spacial score (nSPS) is 25.1. The van der Waals surface area contributed by atoms with Crippen LogP contribution < -0.4 is 5.32 Å². The molecule has 0 bridgehead atoms. The molecule has 3 rings (SSSR count). The maximum absolute atomic E-state index is 12.3. The molecule has 0 spiro atoms. The van der Waals surface area contributed by atoms with Crippen LogP contribution in [0.2, 0.25) is 0 Å². The van der Waals surface area contributed by atoms with E-state index in [1.807, 2.05) is 29.3 Å². The quantitative estimate of drug-likeness (QED) is 0.845. The van der Waals surface area contributed by atoms with Gasteiger partial charge in [-0.05, 0) is 38.0 Å². The molecule has 0 saturated carbocycles. The number of hydrogen-bond donors (Lipinski definition) is 1. The van der Waals surface area contributed by atoms with Crippen LogP contribution in [0.25, 0.3) is 0 Å². The van der Waals surface area contributed by atoms with E-state index >= 15 is 0 Å². The average Bonchev–Trinajstić information content (AvgIpc) is 2.63. The molecule has 1 aromatic rings. The first-order valence-corrected chi connectivity index (χ1v) is 7.17. The van der Waals surface area contributed by atoms with E-state index in [1.165, 1.54) is 11.1 Å². The number of nitrogens with zero attached hydrogens (tertiary/aromatic N) is 1. The molecule has 0 radical (unpaired) electrons. The first-order valence-electron chi connectivity index (χ1n) is 7.17. The lowest BCUT2D eigenvalue weighted by Gasteiger charge is -2.37. The number of rotatable bonds is 1. The molecule has 2 aliphatic rings. The SMILES string of the molecule is Cc1ccc2c(c1)C(N1C=CC=CCC1=O)CC(C)N2. The first kappa shape index (κ1) is 13.0. The molecule has 1 aromatic carbocycles. The van der Waals surface area contributed by atoms with Crippen LogP contribution in [-0.2, 0) is 4.79 Å². The first-order chi connectivity index (χ1) is 9.65. The minimum absolute atomic E-state index is 0.129. The summed E-state index contributed by atoms with van der Waals surface area (Å²) in [6.45, 7) is 4.26. The summed E-state index contributed by atoms with van der Waals surface area (Å²) in [4.78, 5) is 14.2. The third kappa shape index (κ3) is 2.36. The summed E-state index contributed by atoms with van der Waals surface area (Å²) < 4.78 is 0. The number of amides is 1. The van der Waals surface area contributed by atoms with Gasteiger partial charge in [0, 0.05) is 24.4 Å². The van der Waals surface area contributed by atoms with E-state index in [1.54, 1.807) is 0 Å². The Kier molecular flexibility index (Phi) is 3.35. The Morgan fingerprint density at radius 3 is 3.00 bits per heavy atom. The van der Waals surface area contributed by atoms with Gasteiger partial charge in [0.25, 0.3) is 0 Å². The van der Waals surface area contributed by atoms with E-state index in [-0.39, 0.29) is 11.9 Å². The monoisotopic (exact) mass is 268 g/mol. The average molecular weight is 268 g/mol. The predicted molar refractivity (Wildman–Crippen MR) is 81.4 cm³/mol. The molecule has 2 atom stereocenters. The lowest BCUT2D eigenvalue weighted by Crippen LogP contribution is -2.36. The molecule has 1 amide bonds. The number of benzene rings is 1. The summed E-state index contributed by atoms with van der Waals surface area (Å²) in [7, 11) is 0. The van der Waals surface area contributed by atoms with E-state index in [2.05, 4.69) is 37.4 Å². The minimum atomic E-state index is 0.129. The molecule has 0 aromatic heterocycles. The second-order valence-corrected chi connectivity index (χ2v) is 5.66. The van der Waals surface area contributed by atoms with E-state index < -0.39 is 0 Å². The highest BCUT2D eigenvalue weighted by Gasteiger charge is 2.30. The summed E-state index contributed by atoms with van der Waals surface area (Å²) in [6, 6.07) is 6.93. The van der Waals surface area contributed by atoms with Crippen molar-refractivity contribution in [2.24, 2.45) is 0 Å². The zero-order valence-electron chi connectivity index (χ0n) is 12.0. The second-order valence-electron chi connectivity index (χ2n) is 5.66. The van der Waals surface area contributed by atoms with Gasteiger partial charge in [-0.25, -0.2) is 0 Å². The van der Waals surface area contributed by atoms with Gasteiger partial charge < -0.3 is 10.2 Å². The Balaban J connectivity index is 2.01. The lowest BCUT2D eigenvalue weighted by atomic mass is 9.91. The molecule has 3 heteroatoms. The third-order valence-electron chi connectivity index (χ3n) is 3.95. The van der Waals surface area contributed by atoms with Crippen molar-refractivity contribution in [1.82, 2.24) is 4.90 Å². The van der Waals surface area contributed by atoms with Crippen LogP contribution in [0.5, 0.6) is 0 Å². The highest BCUT2D eigenvalue weighted by atomic mass is 16.2. The summed E-state index contributed by atoms with van der Waals surface area (Å²) in [5, 5.41) is 3.51. The Labute approximate surface area is 120 Å². The van der Waals surface area contributed by atoms with Gasteiger partial charge in [-0.3, -0.25) is 4.79 Å². The van der Waals surface area contributed by atoms with Crippen LogP contribution in [-0.4, -0.2) is 16.8 Å². The zero-order chi connectivity index (χ0) is 14.1. The number of aryl methyl sites for hydroxylation is 1. The highest BCUT2D eigenvalue weighted by molar-refractivity contribution is 5.80. The molecule has 0 aliphatic carbocycles. The number of carbonyl (C=O) groups excluding carboxylic acids is 1. The highest BCUT2D eigenvalue weighted by Crippen LogP contribution is 2.38. The van der Waals surface area contributed by atoms with E-state index in [9.17, 15) is 4.79 Å². The molecule has 0 fully saturated rings. The van der Waals surface area contributed by atoms with Gasteiger partial charge in [0.1, 0.15) is 0 Å². The number of hydrogen-bond acceptors (Lipinski definition) is 2. The Morgan fingerprint density at radius 1 is 1.30 bits per heavy atom. The van der Waals surface area contributed by atoms with Crippen LogP contribution in [0, 0.1) is 6.92 Å².